The van der Waals surface area contributed by atoms with Crippen LogP contribution in [0.4, 0.5) is 0 Å². The molecular formula is C44H78O17P2. The van der Waals surface area contributed by atoms with Gasteiger partial charge in [-0.15, -0.1) is 0 Å². The number of carbonyl (C=O) groups excluding carboxylic acids is 3. The summed E-state index contributed by atoms with van der Waals surface area (Å²) in [7, 11) is -9.83. The molecule has 8 atom stereocenters. The number of ketones is 1. The standard InChI is InChI=1S/C44H78O17P2/c1-3-5-7-8-9-10-11-12-13-14-15-16-17-18-20-25-43(50)57-33-38(34-60-63(55,56)59-32-37(47)31-58-62(52,53)54)61-44(51)26-22-21-24-36(46)29-40-39(41(48)30-42(40)49)28-27-35(45)23-19-6-4-2/h10-13,27-28,35,37-42,45,47-49H,3-9,14-26,29-34H2,1-2H3,(H,55,56)(H2,52,53,54)/b11-10-,13-12-,28-27+/t35-,37-,38+,39+,40+,41+,42-/m0/s1. The number of hydrogen-bond donors (Lipinski definition) is 7. The van der Waals surface area contributed by atoms with Crippen molar-refractivity contribution >= 4 is 33.4 Å². The lowest BCUT2D eigenvalue weighted by Crippen LogP contribution is -2.30. The maximum absolute atomic E-state index is 12.9. The molecule has 0 spiro atoms. The fraction of sp³-hybridized carbons (Fsp3) is 0.795. The van der Waals surface area contributed by atoms with Crippen LogP contribution >= 0.6 is 15.6 Å². The number of phosphoric acid groups is 2. The number of ether oxygens (including phenoxy) is 2. The van der Waals surface area contributed by atoms with Crippen molar-refractivity contribution in [1.29, 1.82) is 0 Å². The number of aliphatic hydroxyl groups is 4. The minimum Gasteiger partial charge on any atom is -0.462 e. The Labute approximate surface area is 374 Å². The molecule has 7 N–H and O–H groups in total. The van der Waals surface area contributed by atoms with Crippen LogP contribution in [0.3, 0.4) is 0 Å². The van der Waals surface area contributed by atoms with Gasteiger partial charge in [-0.25, -0.2) is 9.13 Å². The van der Waals surface area contributed by atoms with E-state index in [1.54, 1.807) is 12.2 Å². The van der Waals surface area contributed by atoms with Gasteiger partial charge < -0.3 is 44.6 Å². The summed E-state index contributed by atoms with van der Waals surface area (Å²) in [6, 6.07) is 0. The van der Waals surface area contributed by atoms with E-state index < -0.39 is 96.4 Å². The van der Waals surface area contributed by atoms with Crippen molar-refractivity contribution in [2.24, 2.45) is 11.8 Å². The third kappa shape index (κ3) is 32.2. The summed E-state index contributed by atoms with van der Waals surface area (Å²) >= 11 is 0. The second-order valence-electron chi connectivity index (χ2n) is 16.3. The lowest BCUT2D eigenvalue weighted by Gasteiger charge is -2.21. The SMILES string of the molecule is CCCCCC/C=C\C=C/CCCCCCCC(=O)OC[C@H](COP(=O)(O)OC[C@@H](O)COP(=O)(O)O)OC(=O)CCCCC(=O)C[C@@H]1[C@@H](/C=C/[C@@H](O)CCCCC)[C@H](O)C[C@@H]1O. The maximum atomic E-state index is 12.9. The molecule has 0 radical (unpaired) electrons. The zero-order valence-electron chi connectivity index (χ0n) is 37.5. The average Bonchev–Trinajstić information content (AvgIpc) is 3.49. The highest BCUT2D eigenvalue weighted by atomic mass is 31.2. The van der Waals surface area contributed by atoms with Crippen molar-refractivity contribution in [2.45, 2.75) is 186 Å². The van der Waals surface area contributed by atoms with Crippen molar-refractivity contribution in [3.05, 3.63) is 36.5 Å². The van der Waals surface area contributed by atoms with Gasteiger partial charge in [-0.05, 0) is 51.4 Å². The first-order valence-electron chi connectivity index (χ1n) is 22.9. The number of phosphoric ester groups is 2. The summed E-state index contributed by atoms with van der Waals surface area (Å²) in [5.74, 6) is -2.51. The first-order valence-corrected chi connectivity index (χ1v) is 25.9. The van der Waals surface area contributed by atoms with Gasteiger partial charge in [-0.1, -0.05) is 108 Å². The Morgan fingerprint density at radius 1 is 0.667 bits per heavy atom. The van der Waals surface area contributed by atoms with E-state index in [1.165, 1.54) is 25.7 Å². The van der Waals surface area contributed by atoms with E-state index in [0.717, 1.165) is 57.8 Å². The van der Waals surface area contributed by atoms with Gasteiger partial charge in [-0.3, -0.25) is 28.0 Å². The zero-order chi connectivity index (χ0) is 46.9. The van der Waals surface area contributed by atoms with E-state index in [0.29, 0.717) is 19.3 Å². The van der Waals surface area contributed by atoms with Gasteiger partial charge in [0, 0.05) is 43.9 Å². The Balaban J connectivity index is 2.60. The summed E-state index contributed by atoms with van der Waals surface area (Å²) < 4.78 is 47.7. The minimum atomic E-state index is -4.92. The normalized spacial score (nSPS) is 20.7. The number of rotatable bonds is 39. The molecule has 0 aliphatic heterocycles. The number of aliphatic hydroxyl groups excluding tert-OH is 4. The highest BCUT2D eigenvalue weighted by Crippen LogP contribution is 2.44. The second-order valence-corrected chi connectivity index (χ2v) is 19.0. The molecule has 366 valence electrons. The molecule has 0 aromatic heterocycles. The van der Waals surface area contributed by atoms with Gasteiger partial charge >= 0.3 is 27.6 Å². The molecule has 1 aliphatic carbocycles. The van der Waals surface area contributed by atoms with Crippen LogP contribution in [-0.4, -0.2) is 110 Å². The van der Waals surface area contributed by atoms with E-state index in [9.17, 15) is 48.8 Å². The molecule has 19 heteroatoms. The third-order valence-corrected chi connectivity index (χ3v) is 11.9. The van der Waals surface area contributed by atoms with Gasteiger partial charge in [0.25, 0.3) is 0 Å². The molecule has 0 saturated heterocycles. The lowest BCUT2D eigenvalue weighted by atomic mass is 9.87. The van der Waals surface area contributed by atoms with Crippen LogP contribution in [0.25, 0.3) is 0 Å². The lowest BCUT2D eigenvalue weighted by molar-refractivity contribution is -0.161. The fourth-order valence-electron chi connectivity index (χ4n) is 6.92. The van der Waals surface area contributed by atoms with E-state index in [4.69, 9.17) is 23.8 Å². The van der Waals surface area contributed by atoms with Crippen LogP contribution in [0.1, 0.15) is 155 Å². The van der Waals surface area contributed by atoms with Crippen molar-refractivity contribution in [3.8, 4) is 0 Å². The molecule has 0 heterocycles. The molecule has 1 aliphatic rings. The van der Waals surface area contributed by atoms with Gasteiger partial charge in [0.05, 0.1) is 38.1 Å². The second kappa shape index (κ2) is 35.1. The topological polar surface area (TPSA) is 273 Å². The molecule has 1 unspecified atom stereocenters. The van der Waals surface area contributed by atoms with E-state index in [1.807, 2.05) is 0 Å². The molecule has 63 heavy (non-hydrogen) atoms. The van der Waals surface area contributed by atoms with Crippen molar-refractivity contribution < 1.29 is 81.7 Å². The van der Waals surface area contributed by atoms with Crippen LogP contribution in [0, 0.1) is 11.8 Å². The quantitative estimate of drug-likeness (QED) is 0.0105. The van der Waals surface area contributed by atoms with Crippen molar-refractivity contribution in [2.75, 3.05) is 26.4 Å². The number of hydrogen-bond acceptors (Lipinski definition) is 14. The minimum absolute atomic E-state index is 0.0143. The van der Waals surface area contributed by atoms with Crippen LogP contribution in [0.15, 0.2) is 36.5 Å². The summed E-state index contributed by atoms with van der Waals surface area (Å²) in [6.07, 6.45) is 22.0. The first-order chi connectivity index (χ1) is 30.0. The predicted octanol–water partition coefficient (Wildman–Crippen LogP) is 7.23. The fourth-order valence-corrected chi connectivity index (χ4v) is 8.08. The molecule has 0 bridgehead atoms. The number of allylic oxidation sites excluding steroid dienone is 4. The molecule has 0 aromatic carbocycles. The number of Topliss-reactive ketones (excluding diaryl/α,β-unsaturated/α-hetero) is 1. The molecular weight excluding hydrogens is 862 g/mol. The number of carbonyl (C=O) groups is 3. The van der Waals surface area contributed by atoms with Crippen molar-refractivity contribution in [1.82, 2.24) is 0 Å². The Kier molecular flexibility index (Phi) is 32.8. The van der Waals surface area contributed by atoms with Crippen LogP contribution in [0.5, 0.6) is 0 Å². The molecule has 1 saturated carbocycles. The van der Waals surface area contributed by atoms with E-state index >= 15 is 0 Å². The van der Waals surface area contributed by atoms with Gasteiger partial charge in [0.1, 0.15) is 18.5 Å². The van der Waals surface area contributed by atoms with Crippen molar-refractivity contribution in [3.63, 3.8) is 0 Å². The molecule has 1 rings (SSSR count). The largest absolute Gasteiger partial charge is 0.472 e. The van der Waals surface area contributed by atoms with Crippen LogP contribution in [-0.2, 0) is 46.6 Å². The average molecular weight is 941 g/mol. The van der Waals surface area contributed by atoms with Gasteiger partial charge in [-0.2, -0.15) is 0 Å². The Hall–Kier alpha value is -2.11. The van der Waals surface area contributed by atoms with Crippen LogP contribution in [0.2, 0.25) is 0 Å². The monoisotopic (exact) mass is 940 g/mol. The third-order valence-electron chi connectivity index (χ3n) is 10.5. The maximum Gasteiger partial charge on any atom is 0.472 e. The summed E-state index contributed by atoms with van der Waals surface area (Å²) in [5, 5.41) is 41.1. The molecule has 17 nitrogen and oxygen atoms in total. The van der Waals surface area contributed by atoms with Gasteiger partial charge in [0.2, 0.25) is 0 Å². The molecule has 1 fully saturated rings. The summed E-state index contributed by atoms with van der Waals surface area (Å²) in [6.45, 7) is 1.18. The summed E-state index contributed by atoms with van der Waals surface area (Å²) in [5.41, 5.74) is 0. The zero-order valence-corrected chi connectivity index (χ0v) is 39.3. The Bertz CT molecular complexity index is 1430. The first kappa shape index (κ1) is 58.9. The smallest absolute Gasteiger partial charge is 0.462 e. The predicted molar refractivity (Wildman–Crippen MR) is 237 cm³/mol. The number of esters is 2. The summed E-state index contributed by atoms with van der Waals surface area (Å²) in [4.78, 5) is 65.8. The van der Waals surface area contributed by atoms with Crippen LogP contribution < -0.4 is 0 Å². The Morgan fingerprint density at radius 3 is 1.89 bits per heavy atom. The highest BCUT2D eigenvalue weighted by Gasteiger charge is 2.41. The van der Waals surface area contributed by atoms with E-state index in [2.05, 4.69) is 47.2 Å². The Morgan fingerprint density at radius 2 is 1.22 bits per heavy atom. The molecule has 0 aromatic rings. The highest BCUT2D eigenvalue weighted by molar-refractivity contribution is 7.47. The number of unbranched alkanes of at least 4 members (excludes halogenated alkanes) is 12. The molecule has 0 amide bonds. The van der Waals surface area contributed by atoms with E-state index in [-0.39, 0.29) is 44.3 Å². The van der Waals surface area contributed by atoms with Gasteiger partial charge in [0.15, 0.2) is 6.10 Å².